The van der Waals surface area contributed by atoms with Crippen molar-refractivity contribution in [3.8, 4) is 0 Å². The third kappa shape index (κ3) is 3.66. The van der Waals surface area contributed by atoms with Crippen molar-refractivity contribution in [2.45, 2.75) is 32.7 Å². The van der Waals surface area contributed by atoms with Crippen LogP contribution in [0.2, 0.25) is 5.15 Å². The first-order valence-electron chi connectivity index (χ1n) is 5.31. The lowest BCUT2D eigenvalue weighted by atomic mass is 10.00. The van der Waals surface area contributed by atoms with Gasteiger partial charge in [-0.2, -0.15) is 0 Å². The van der Waals surface area contributed by atoms with Gasteiger partial charge < -0.3 is 11.1 Å². The molecule has 0 spiro atoms. The lowest BCUT2D eigenvalue weighted by Crippen LogP contribution is -2.36. The molecule has 18 heavy (non-hydrogen) atoms. The molecule has 1 amide bonds. The summed E-state index contributed by atoms with van der Waals surface area (Å²) in [6.07, 6.45) is 0.677. The molecule has 7 heteroatoms. The van der Waals surface area contributed by atoms with Crippen LogP contribution < -0.4 is 11.1 Å². The van der Waals surface area contributed by atoms with E-state index < -0.39 is 11.4 Å². The van der Waals surface area contributed by atoms with E-state index in [0.29, 0.717) is 17.9 Å². The molecule has 0 aliphatic rings. The summed E-state index contributed by atoms with van der Waals surface area (Å²) >= 11 is 5.86. The second kappa shape index (κ2) is 5.30. The van der Waals surface area contributed by atoms with Gasteiger partial charge >= 0.3 is 0 Å². The van der Waals surface area contributed by atoms with Crippen molar-refractivity contribution in [3.05, 3.63) is 16.5 Å². The van der Waals surface area contributed by atoms with Gasteiger partial charge in [0.05, 0.1) is 5.56 Å². The Morgan fingerprint density at radius 2 is 2.11 bits per heavy atom. The highest BCUT2D eigenvalue weighted by atomic mass is 35.5. The Balaban J connectivity index is 3.10. The minimum absolute atomic E-state index is 0.0786. The first-order valence-corrected chi connectivity index (χ1v) is 5.69. The van der Waals surface area contributed by atoms with E-state index in [2.05, 4.69) is 15.3 Å². The van der Waals surface area contributed by atoms with E-state index in [9.17, 15) is 9.59 Å². The van der Waals surface area contributed by atoms with Crippen molar-refractivity contribution in [2.24, 2.45) is 5.73 Å². The number of carbonyl (C=O) groups is 2. The van der Waals surface area contributed by atoms with E-state index >= 15 is 0 Å². The van der Waals surface area contributed by atoms with Crippen molar-refractivity contribution in [1.29, 1.82) is 0 Å². The fourth-order valence-electron chi connectivity index (χ4n) is 1.55. The quantitative estimate of drug-likeness (QED) is 0.621. The van der Waals surface area contributed by atoms with Gasteiger partial charge in [-0.3, -0.25) is 9.59 Å². The summed E-state index contributed by atoms with van der Waals surface area (Å²) < 4.78 is 0. The second-order valence-electron chi connectivity index (χ2n) is 4.59. The number of anilines is 1. The maximum absolute atomic E-state index is 11.0. The predicted octanol–water partition coefficient (Wildman–Crippen LogP) is 1.32. The third-order valence-electron chi connectivity index (χ3n) is 2.20. The lowest BCUT2D eigenvalue weighted by molar-refractivity contribution is -0.118. The van der Waals surface area contributed by atoms with Crippen LogP contribution in [0, 0.1) is 6.92 Å². The highest BCUT2D eigenvalue weighted by Crippen LogP contribution is 2.23. The van der Waals surface area contributed by atoms with Gasteiger partial charge in [0.2, 0.25) is 5.91 Å². The first kappa shape index (κ1) is 14.4. The molecule has 0 atom stereocenters. The van der Waals surface area contributed by atoms with Crippen LogP contribution in [0.1, 0.15) is 36.5 Å². The Kier molecular flexibility index (Phi) is 4.24. The Hall–Kier alpha value is -1.69. The maximum Gasteiger partial charge on any atom is 0.219 e. The largest absolute Gasteiger partial charge is 0.370 e. The number of aromatic nitrogens is 2. The van der Waals surface area contributed by atoms with Gasteiger partial charge in [0.15, 0.2) is 6.29 Å². The molecule has 1 heterocycles. The van der Waals surface area contributed by atoms with Crippen LogP contribution in [-0.4, -0.2) is 27.7 Å². The van der Waals surface area contributed by atoms with Gasteiger partial charge in [0, 0.05) is 12.0 Å². The second-order valence-corrected chi connectivity index (χ2v) is 4.95. The molecule has 0 aliphatic heterocycles. The van der Waals surface area contributed by atoms with Crippen molar-refractivity contribution in [2.75, 3.05) is 5.32 Å². The average molecular weight is 271 g/mol. The molecule has 1 aromatic heterocycles. The molecule has 98 valence electrons. The molecule has 0 saturated carbocycles. The number of rotatable bonds is 5. The van der Waals surface area contributed by atoms with E-state index in [4.69, 9.17) is 17.3 Å². The SMILES string of the molecule is Cc1nc(Cl)c(C=O)c(NC(C)(C)CC(N)=O)n1. The zero-order chi connectivity index (χ0) is 13.9. The molecule has 1 rings (SSSR count). The summed E-state index contributed by atoms with van der Waals surface area (Å²) in [6.45, 7) is 5.21. The number of primary amides is 1. The van der Waals surface area contributed by atoms with Crippen LogP contribution in [0.15, 0.2) is 0 Å². The summed E-state index contributed by atoms with van der Waals surface area (Å²) in [5.41, 5.74) is 4.69. The number of amides is 1. The van der Waals surface area contributed by atoms with E-state index in [0.717, 1.165) is 0 Å². The zero-order valence-electron chi connectivity index (χ0n) is 10.5. The smallest absolute Gasteiger partial charge is 0.219 e. The molecule has 0 fully saturated rings. The molecule has 1 aromatic rings. The monoisotopic (exact) mass is 270 g/mol. The number of carbonyl (C=O) groups excluding carboxylic acids is 2. The summed E-state index contributed by atoms with van der Waals surface area (Å²) in [6, 6.07) is 0. The third-order valence-corrected chi connectivity index (χ3v) is 2.49. The van der Waals surface area contributed by atoms with Crippen LogP contribution >= 0.6 is 11.6 Å². The number of hydrogen-bond acceptors (Lipinski definition) is 5. The van der Waals surface area contributed by atoms with E-state index in [1.807, 2.05) is 0 Å². The summed E-state index contributed by atoms with van der Waals surface area (Å²) in [5.74, 6) is 0.286. The van der Waals surface area contributed by atoms with E-state index in [-0.39, 0.29) is 17.1 Å². The molecule has 6 nitrogen and oxygen atoms in total. The van der Waals surface area contributed by atoms with Gasteiger partial charge in [0.25, 0.3) is 0 Å². The highest BCUT2D eigenvalue weighted by Gasteiger charge is 2.23. The molecule has 0 unspecified atom stereocenters. The summed E-state index contributed by atoms with van der Waals surface area (Å²) in [5, 5.41) is 3.06. The van der Waals surface area contributed by atoms with Crippen LogP contribution in [0.4, 0.5) is 5.82 Å². The fourth-order valence-corrected chi connectivity index (χ4v) is 1.80. The number of halogens is 1. The maximum atomic E-state index is 11.0. The van der Waals surface area contributed by atoms with Crippen LogP contribution in [-0.2, 0) is 4.79 Å². The molecule has 3 N–H and O–H groups in total. The minimum atomic E-state index is -0.631. The predicted molar refractivity (Wildman–Crippen MR) is 68.7 cm³/mol. The highest BCUT2D eigenvalue weighted by molar-refractivity contribution is 6.32. The van der Waals surface area contributed by atoms with Gasteiger partial charge in [0.1, 0.15) is 16.8 Å². The van der Waals surface area contributed by atoms with Gasteiger partial charge in [-0.25, -0.2) is 9.97 Å². The van der Waals surface area contributed by atoms with Gasteiger partial charge in [-0.15, -0.1) is 0 Å². The van der Waals surface area contributed by atoms with E-state index in [1.165, 1.54) is 0 Å². The van der Waals surface area contributed by atoms with Crippen LogP contribution in [0.3, 0.4) is 0 Å². The van der Waals surface area contributed by atoms with E-state index in [1.54, 1.807) is 20.8 Å². The van der Waals surface area contributed by atoms with Crippen LogP contribution in [0.5, 0.6) is 0 Å². The Morgan fingerprint density at radius 1 is 1.50 bits per heavy atom. The molecular formula is C11H15ClN4O2. The standard InChI is InChI=1S/C11H15ClN4O2/c1-6-14-9(12)7(5-17)10(15-6)16-11(2,3)4-8(13)18/h5H,4H2,1-3H3,(H2,13,18)(H,14,15,16). The zero-order valence-corrected chi connectivity index (χ0v) is 11.2. The minimum Gasteiger partial charge on any atom is -0.370 e. The summed E-state index contributed by atoms with van der Waals surface area (Å²) in [7, 11) is 0. The van der Waals surface area contributed by atoms with Crippen molar-refractivity contribution in [3.63, 3.8) is 0 Å². The number of nitrogens with zero attached hydrogens (tertiary/aromatic N) is 2. The Labute approximate surface area is 110 Å². The number of aryl methyl sites for hydroxylation is 1. The van der Waals surface area contributed by atoms with Crippen molar-refractivity contribution in [1.82, 2.24) is 9.97 Å². The van der Waals surface area contributed by atoms with Gasteiger partial charge in [-0.05, 0) is 20.8 Å². The number of nitrogens with one attached hydrogen (secondary N) is 1. The van der Waals surface area contributed by atoms with Crippen LogP contribution in [0.25, 0.3) is 0 Å². The molecule has 0 aliphatic carbocycles. The van der Waals surface area contributed by atoms with Gasteiger partial charge in [-0.1, -0.05) is 11.6 Å². The number of nitrogens with two attached hydrogens (primary N) is 1. The molecule has 0 saturated heterocycles. The number of aldehydes is 1. The molecule has 0 bridgehead atoms. The first-order chi connectivity index (χ1) is 8.25. The Morgan fingerprint density at radius 3 is 2.61 bits per heavy atom. The fraction of sp³-hybridized carbons (Fsp3) is 0.455. The number of hydrogen-bond donors (Lipinski definition) is 2. The topological polar surface area (TPSA) is 98.0 Å². The van der Waals surface area contributed by atoms with Crippen molar-refractivity contribution < 1.29 is 9.59 Å². The average Bonchev–Trinajstić information content (AvgIpc) is 2.13. The summed E-state index contributed by atoms with van der Waals surface area (Å²) in [4.78, 5) is 29.9. The molecular weight excluding hydrogens is 256 g/mol. The normalized spacial score (nSPS) is 11.1. The molecule has 0 aromatic carbocycles. The lowest BCUT2D eigenvalue weighted by Gasteiger charge is -2.26. The van der Waals surface area contributed by atoms with Crippen molar-refractivity contribution >= 4 is 29.6 Å². The molecule has 0 radical (unpaired) electrons. The Bertz CT molecular complexity index is 488.